The first kappa shape index (κ1) is 20.3. The summed E-state index contributed by atoms with van der Waals surface area (Å²) in [6, 6.07) is 8.56. The fourth-order valence-electron chi connectivity index (χ4n) is 3.90. The lowest BCUT2D eigenvalue weighted by Gasteiger charge is -2.35. The largest absolute Gasteiger partial charge is 0.507 e. The summed E-state index contributed by atoms with van der Waals surface area (Å²) >= 11 is 0. The predicted molar refractivity (Wildman–Crippen MR) is 111 cm³/mol. The van der Waals surface area contributed by atoms with Gasteiger partial charge in [0.2, 0.25) is 5.92 Å². The first-order valence-electron chi connectivity index (χ1n) is 10.2. The molecule has 1 aromatic carbocycles. The highest BCUT2D eigenvalue weighted by molar-refractivity contribution is 5.69. The number of anilines is 1. The molecule has 2 heterocycles. The molecule has 0 spiro atoms. The average Bonchev–Trinajstić information content (AvgIpc) is 3.22. The Bertz CT molecular complexity index is 1020. The van der Waals surface area contributed by atoms with Crippen LogP contribution < -0.4 is 4.90 Å². The van der Waals surface area contributed by atoms with E-state index in [2.05, 4.69) is 15.2 Å². The topological polar surface area (TPSA) is 67.1 Å². The lowest BCUT2D eigenvalue weighted by atomic mass is 9.91. The summed E-state index contributed by atoms with van der Waals surface area (Å²) < 4.78 is 29.3. The third-order valence-electron chi connectivity index (χ3n) is 5.73. The van der Waals surface area contributed by atoms with Crippen LogP contribution in [0.25, 0.3) is 16.9 Å². The molecule has 1 aliphatic rings. The SMILES string of the molecule is CCc1cn(-c2ccc(-c3ccc(N(C)[C@H]4CCCC(F)(F)C4)nn3)c(O)c2)cn1. The summed E-state index contributed by atoms with van der Waals surface area (Å²) in [5.41, 5.74) is 2.84. The third kappa shape index (κ3) is 4.13. The normalized spacial score (nSPS) is 18.3. The molecule has 158 valence electrons. The Morgan fingerprint density at radius 3 is 2.70 bits per heavy atom. The van der Waals surface area contributed by atoms with E-state index in [4.69, 9.17) is 0 Å². The second kappa shape index (κ2) is 8.01. The third-order valence-corrected chi connectivity index (χ3v) is 5.73. The van der Waals surface area contributed by atoms with Gasteiger partial charge in [-0.3, -0.25) is 0 Å². The zero-order chi connectivity index (χ0) is 21.3. The van der Waals surface area contributed by atoms with Gasteiger partial charge in [-0.25, -0.2) is 13.8 Å². The molecule has 0 bridgehead atoms. The lowest BCUT2D eigenvalue weighted by molar-refractivity contribution is -0.0401. The standard InChI is InChI=1S/C22H25F2N5O/c1-3-15-13-29(14-25-15)16-6-7-18(20(30)11-16)19-8-9-21(27-26-19)28(2)17-5-4-10-22(23,24)12-17/h6-9,11,13-14,17,30H,3-5,10,12H2,1-2H3/t17-/m0/s1. The summed E-state index contributed by atoms with van der Waals surface area (Å²) in [6.07, 6.45) is 5.49. The van der Waals surface area contributed by atoms with Crippen LogP contribution in [0.1, 0.15) is 38.3 Å². The molecule has 0 radical (unpaired) electrons. The van der Waals surface area contributed by atoms with E-state index in [-0.39, 0.29) is 24.6 Å². The number of imidazole rings is 1. The zero-order valence-corrected chi connectivity index (χ0v) is 17.1. The van der Waals surface area contributed by atoms with Crippen molar-refractivity contribution in [3.63, 3.8) is 0 Å². The molecule has 1 saturated carbocycles. The number of alkyl halides is 2. The van der Waals surface area contributed by atoms with E-state index in [9.17, 15) is 13.9 Å². The molecule has 6 nitrogen and oxygen atoms in total. The number of aromatic nitrogens is 4. The number of hydrogen-bond acceptors (Lipinski definition) is 5. The number of hydrogen-bond donors (Lipinski definition) is 1. The molecule has 1 N–H and O–H groups in total. The van der Waals surface area contributed by atoms with Crippen LogP contribution in [0, 0.1) is 0 Å². The van der Waals surface area contributed by atoms with Crippen LogP contribution in [0.15, 0.2) is 42.9 Å². The molecule has 1 fully saturated rings. The average molecular weight is 413 g/mol. The highest BCUT2D eigenvalue weighted by Gasteiger charge is 2.38. The van der Waals surface area contributed by atoms with Crippen LogP contribution in [0.2, 0.25) is 0 Å². The minimum Gasteiger partial charge on any atom is -0.507 e. The second-order valence-corrected chi connectivity index (χ2v) is 7.82. The van der Waals surface area contributed by atoms with Crippen LogP contribution in [-0.4, -0.2) is 43.9 Å². The Kier molecular flexibility index (Phi) is 5.40. The van der Waals surface area contributed by atoms with Gasteiger partial charge in [-0.2, -0.15) is 0 Å². The summed E-state index contributed by atoms with van der Waals surface area (Å²) in [5, 5.41) is 19.0. The van der Waals surface area contributed by atoms with E-state index in [0.717, 1.165) is 17.8 Å². The van der Waals surface area contributed by atoms with Crippen molar-refractivity contribution >= 4 is 5.82 Å². The smallest absolute Gasteiger partial charge is 0.250 e. The van der Waals surface area contributed by atoms with Gasteiger partial charge < -0.3 is 14.6 Å². The molecule has 1 aliphatic carbocycles. The van der Waals surface area contributed by atoms with Gasteiger partial charge in [0.1, 0.15) is 5.75 Å². The van der Waals surface area contributed by atoms with Gasteiger partial charge >= 0.3 is 0 Å². The minimum atomic E-state index is -2.62. The maximum absolute atomic E-state index is 13.7. The Morgan fingerprint density at radius 2 is 2.07 bits per heavy atom. The van der Waals surface area contributed by atoms with E-state index in [0.29, 0.717) is 29.9 Å². The van der Waals surface area contributed by atoms with Crippen LogP contribution in [0.3, 0.4) is 0 Å². The van der Waals surface area contributed by atoms with Crippen LogP contribution >= 0.6 is 0 Å². The van der Waals surface area contributed by atoms with Crippen molar-refractivity contribution in [1.82, 2.24) is 19.7 Å². The second-order valence-electron chi connectivity index (χ2n) is 7.82. The summed E-state index contributed by atoms with van der Waals surface area (Å²) in [4.78, 5) is 6.08. The van der Waals surface area contributed by atoms with Gasteiger partial charge in [-0.15, -0.1) is 10.2 Å². The van der Waals surface area contributed by atoms with Crippen molar-refractivity contribution in [3.8, 4) is 22.7 Å². The van der Waals surface area contributed by atoms with Crippen LogP contribution in [-0.2, 0) is 6.42 Å². The number of rotatable bonds is 5. The molecular formula is C22H25F2N5O. The Labute approximate surface area is 174 Å². The first-order valence-corrected chi connectivity index (χ1v) is 10.2. The number of aryl methyl sites for hydroxylation is 1. The van der Waals surface area contributed by atoms with Crippen molar-refractivity contribution in [1.29, 1.82) is 0 Å². The van der Waals surface area contributed by atoms with Gasteiger partial charge in [0.25, 0.3) is 0 Å². The fraction of sp³-hybridized carbons (Fsp3) is 0.409. The number of halogens is 2. The number of phenolic OH excluding ortho intramolecular Hbond substituents is 1. The molecule has 2 aromatic heterocycles. The van der Waals surface area contributed by atoms with E-state index in [1.165, 1.54) is 0 Å². The van der Waals surface area contributed by atoms with Gasteiger partial charge in [0, 0.05) is 43.8 Å². The molecule has 30 heavy (non-hydrogen) atoms. The Balaban J connectivity index is 1.52. The number of nitrogens with zero attached hydrogens (tertiary/aromatic N) is 5. The first-order chi connectivity index (χ1) is 14.4. The van der Waals surface area contributed by atoms with E-state index >= 15 is 0 Å². The van der Waals surface area contributed by atoms with E-state index < -0.39 is 5.92 Å². The molecule has 0 unspecified atom stereocenters. The highest BCUT2D eigenvalue weighted by Crippen LogP contribution is 2.36. The molecule has 0 amide bonds. The van der Waals surface area contributed by atoms with Crippen molar-refractivity contribution < 1.29 is 13.9 Å². The maximum Gasteiger partial charge on any atom is 0.250 e. The van der Waals surface area contributed by atoms with Crippen molar-refractivity contribution in [3.05, 3.63) is 48.5 Å². The minimum absolute atomic E-state index is 0.0456. The zero-order valence-electron chi connectivity index (χ0n) is 17.1. The number of aromatic hydroxyl groups is 1. The van der Waals surface area contributed by atoms with Gasteiger partial charge in [-0.05, 0) is 43.5 Å². The van der Waals surface area contributed by atoms with Crippen molar-refractivity contribution in [2.75, 3.05) is 11.9 Å². The van der Waals surface area contributed by atoms with E-state index in [1.807, 2.05) is 23.8 Å². The summed E-state index contributed by atoms with van der Waals surface area (Å²) in [7, 11) is 1.78. The van der Waals surface area contributed by atoms with Gasteiger partial charge in [-0.1, -0.05) is 6.92 Å². The quantitative estimate of drug-likeness (QED) is 0.662. The summed E-state index contributed by atoms with van der Waals surface area (Å²) in [6.45, 7) is 2.03. The molecular weight excluding hydrogens is 388 g/mol. The Morgan fingerprint density at radius 1 is 1.23 bits per heavy atom. The molecule has 0 aliphatic heterocycles. The number of benzene rings is 1. The molecule has 1 atom stereocenters. The molecule has 3 aromatic rings. The van der Waals surface area contributed by atoms with Crippen LogP contribution in [0.4, 0.5) is 14.6 Å². The van der Waals surface area contributed by atoms with Crippen LogP contribution in [0.5, 0.6) is 5.75 Å². The van der Waals surface area contributed by atoms with Crippen molar-refractivity contribution in [2.45, 2.75) is 51.0 Å². The van der Waals surface area contributed by atoms with Gasteiger partial charge in [0.15, 0.2) is 5.82 Å². The van der Waals surface area contributed by atoms with Gasteiger partial charge in [0.05, 0.1) is 23.4 Å². The maximum atomic E-state index is 13.7. The van der Waals surface area contributed by atoms with Crippen molar-refractivity contribution in [2.24, 2.45) is 0 Å². The molecule has 0 saturated heterocycles. The Hall–Kier alpha value is -3.03. The number of phenols is 1. The monoisotopic (exact) mass is 413 g/mol. The van der Waals surface area contributed by atoms with E-state index in [1.54, 1.807) is 42.5 Å². The molecule has 8 heteroatoms. The molecule has 4 rings (SSSR count). The fourth-order valence-corrected chi connectivity index (χ4v) is 3.90. The lowest BCUT2D eigenvalue weighted by Crippen LogP contribution is -2.40. The predicted octanol–water partition coefficient (Wildman–Crippen LogP) is 4.61. The highest BCUT2D eigenvalue weighted by atomic mass is 19.3. The summed E-state index contributed by atoms with van der Waals surface area (Å²) in [5.74, 6) is -1.99.